The summed E-state index contributed by atoms with van der Waals surface area (Å²) in [5.74, 6) is 0.367. The number of hydrogen-bond donors (Lipinski definition) is 1. The Morgan fingerprint density at radius 1 is 1.32 bits per heavy atom. The zero-order valence-electron chi connectivity index (χ0n) is 11.0. The van der Waals surface area contributed by atoms with Crippen molar-refractivity contribution in [1.82, 2.24) is 10.2 Å². The minimum Gasteiger partial charge on any atom is -0.454 e. The molecule has 1 aromatic heterocycles. The van der Waals surface area contributed by atoms with Crippen LogP contribution in [0.25, 0.3) is 0 Å². The topological polar surface area (TPSA) is 73.3 Å². The van der Waals surface area contributed by atoms with E-state index in [1.54, 1.807) is 13.0 Å². The summed E-state index contributed by atoms with van der Waals surface area (Å²) in [5, 5.41) is 7.25. The Kier molecular flexibility index (Phi) is 3.39. The average Bonchev–Trinajstić information content (AvgIpc) is 3.06. The third-order valence-corrected chi connectivity index (χ3v) is 3.80. The molecule has 0 unspecified atom stereocenters. The van der Waals surface area contributed by atoms with Crippen LogP contribution < -0.4 is 14.8 Å². The molecule has 1 aliphatic rings. The zero-order valence-corrected chi connectivity index (χ0v) is 11.8. The lowest BCUT2D eigenvalue weighted by Crippen LogP contribution is -2.13. The second kappa shape index (κ2) is 5.13. The minimum absolute atomic E-state index is 0.0621. The van der Waals surface area contributed by atoms with Gasteiger partial charge in [-0.05, 0) is 19.1 Å². The molecule has 3 rings (SSSR count). The third-order valence-electron chi connectivity index (χ3n) is 2.92. The second-order valence-corrected chi connectivity index (χ2v) is 5.31. The molecule has 0 radical (unpaired) electrons. The number of fused-ring (bicyclic) bond motifs is 1. The molecular formula is C12H8F3N3O3S. The van der Waals surface area contributed by atoms with E-state index in [9.17, 15) is 18.0 Å². The number of amides is 1. The minimum atomic E-state index is -4.59. The molecule has 22 heavy (non-hydrogen) atoms. The Morgan fingerprint density at radius 2 is 2.09 bits per heavy atom. The van der Waals surface area contributed by atoms with Crippen LogP contribution in [0.2, 0.25) is 0 Å². The molecule has 6 nitrogen and oxygen atoms in total. The van der Waals surface area contributed by atoms with Crippen LogP contribution in [0, 0.1) is 6.92 Å². The van der Waals surface area contributed by atoms with Gasteiger partial charge in [-0.15, -0.1) is 10.2 Å². The van der Waals surface area contributed by atoms with E-state index in [2.05, 4.69) is 15.5 Å². The highest BCUT2D eigenvalue weighted by Gasteiger charge is 2.36. The smallest absolute Gasteiger partial charge is 0.445 e. The predicted molar refractivity (Wildman–Crippen MR) is 70.2 cm³/mol. The summed E-state index contributed by atoms with van der Waals surface area (Å²) in [4.78, 5) is 12.1. The molecule has 0 aliphatic carbocycles. The van der Waals surface area contributed by atoms with Gasteiger partial charge in [0.25, 0.3) is 5.91 Å². The van der Waals surface area contributed by atoms with Gasteiger partial charge >= 0.3 is 6.18 Å². The number of ether oxygens (including phenoxy) is 2. The molecule has 1 aliphatic heterocycles. The van der Waals surface area contributed by atoms with Gasteiger partial charge in [0.2, 0.25) is 16.9 Å². The second-order valence-electron chi connectivity index (χ2n) is 4.34. The van der Waals surface area contributed by atoms with E-state index in [0.717, 1.165) is 0 Å². The fraction of sp³-hybridized carbons (Fsp3) is 0.250. The number of benzene rings is 1. The summed E-state index contributed by atoms with van der Waals surface area (Å²) in [6, 6.07) is 3.06. The summed E-state index contributed by atoms with van der Waals surface area (Å²) in [5.41, 5.74) is 0.793. The third kappa shape index (κ3) is 2.56. The largest absolute Gasteiger partial charge is 0.454 e. The quantitative estimate of drug-likeness (QED) is 0.916. The van der Waals surface area contributed by atoms with Gasteiger partial charge in [0, 0.05) is 11.1 Å². The lowest BCUT2D eigenvalue weighted by Gasteiger charge is -2.07. The summed E-state index contributed by atoms with van der Waals surface area (Å²) in [6.07, 6.45) is -4.59. The Hall–Kier alpha value is -2.36. The number of alkyl halides is 3. The molecule has 2 aromatic rings. The lowest BCUT2D eigenvalue weighted by atomic mass is 10.1. The lowest BCUT2D eigenvalue weighted by molar-refractivity contribution is -0.138. The number of halogens is 3. The Balaban J connectivity index is 1.82. The van der Waals surface area contributed by atoms with Crippen LogP contribution in [0.5, 0.6) is 11.5 Å². The van der Waals surface area contributed by atoms with Crippen molar-refractivity contribution in [3.8, 4) is 11.5 Å². The number of nitrogens with one attached hydrogen (secondary N) is 1. The molecule has 0 bridgehead atoms. The van der Waals surface area contributed by atoms with Crippen molar-refractivity contribution >= 4 is 22.4 Å². The molecule has 0 saturated heterocycles. The number of carbonyl (C=O) groups excluding carboxylic acids is 1. The van der Waals surface area contributed by atoms with E-state index in [1.807, 2.05) is 0 Å². The van der Waals surface area contributed by atoms with Crippen molar-refractivity contribution in [1.29, 1.82) is 0 Å². The summed E-state index contributed by atoms with van der Waals surface area (Å²) >= 11 is 0.259. The molecule has 1 aromatic carbocycles. The molecule has 116 valence electrons. The molecule has 0 saturated carbocycles. The highest BCUT2D eigenvalue weighted by atomic mass is 32.1. The van der Waals surface area contributed by atoms with E-state index in [1.165, 1.54) is 6.07 Å². The van der Waals surface area contributed by atoms with Gasteiger partial charge in [0.1, 0.15) is 0 Å². The molecule has 0 spiro atoms. The first-order valence-corrected chi connectivity index (χ1v) is 6.79. The van der Waals surface area contributed by atoms with Crippen molar-refractivity contribution in [2.24, 2.45) is 0 Å². The summed E-state index contributed by atoms with van der Waals surface area (Å²) in [7, 11) is 0. The summed E-state index contributed by atoms with van der Waals surface area (Å²) < 4.78 is 47.7. The van der Waals surface area contributed by atoms with Gasteiger partial charge in [-0.25, -0.2) is 0 Å². The maximum Gasteiger partial charge on any atom is 0.445 e. The van der Waals surface area contributed by atoms with Gasteiger partial charge in [0.05, 0.1) is 0 Å². The number of carbonyl (C=O) groups is 1. The predicted octanol–water partition coefficient (Wildman–Crippen LogP) is 2.85. The van der Waals surface area contributed by atoms with E-state index in [0.29, 0.717) is 17.1 Å². The van der Waals surface area contributed by atoms with Gasteiger partial charge in [0.15, 0.2) is 11.5 Å². The van der Waals surface area contributed by atoms with Crippen molar-refractivity contribution in [3.05, 3.63) is 28.3 Å². The molecule has 0 fully saturated rings. The Labute approximate surface area is 125 Å². The maximum atomic E-state index is 12.4. The number of nitrogens with zero attached hydrogens (tertiary/aromatic N) is 2. The van der Waals surface area contributed by atoms with Gasteiger partial charge < -0.3 is 9.47 Å². The first kappa shape index (κ1) is 14.6. The van der Waals surface area contributed by atoms with E-state index in [-0.39, 0.29) is 28.8 Å². The first-order chi connectivity index (χ1) is 10.4. The number of hydrogen-bond acceptors (Lipinski definition) is 6. The summed E-state index contributed by atoms with van der Waals surface area (Å²) in [6.45, 7) is 1.72. The van der Waals surface area contributed by atoms with E-state index >= 15 is 0 Å². The molecule has 1 N–H and O–H groups in total. The molecule has 1 amide bonds. The van der Waals surface area contributed by atoms with E-state index < -0.39 is 17.1 Å². The van der Waals surface area contributed by atoms with Crippen molar-refractivity contribution in [3.63, 3.8) is 0 Å². The highest BCUT2D eigenvalue weighted by Crippen LogP contribution is 2.37. The van der Waals surface area contributed by atoms with Gasteiger partial charge in [-0.3, -0.25) is 10.1 Å². The van der Waals surface area contributed by atoms with E-state index in [4.69, 9.17) is 9.47 Å². The number of anilines is 1. The first-order valence-electron chi connectivity index (χ1n) is 5.97. The molecular weight excluding hydrogens is 323 g/mol. The van der Waals surface area contributed by atoms with Crippen molar-refractivity contribution in [2.45, 2.75) is 13.1 Å². The number of rotatable bonds is 2. The van der Waals surface area contributed by atoms with Crippen LogP contribution in [-0.4, -0.2) is 22.9 Å². The van der Waals surface area contributed by atoms with Gasteiger partial charge in [-0.2, -0.15) is 13.2 Å². The Morgan fingerprint density at radius 3 is 2.77 bits per heavy atom. The number of aromatic nitrogens is 2. The molecule has 0 atom stereocenters. The fourth-order valence-electron chi connectivity index (χ4n) is 1.91. The monoisotopic (exact) mass is 331 g/mol. The molecule has 2 heterocycles. The van der Waals surface area contributed by atoms with Crippen LogP contribution in [0.3, 0.4) is 0 Å². The van der Waals surface area contributed by atoms with Gasteiger partial charge in [-0.1, -0.05) is 11.3 Å². The standard InChI is InChI=1S/C12H8F3N3O3S/c1-5-6(2-3-7-8(5)21-4-20-7)9(19)16-11-18-17-10(22-11)12(13,14)15/h2-3H,4H2,1H3,(H,16,18,19). The average molecular weight is 331 g/mol. The fourth-order valence-corrected chi connectivity index (χ4v) is 2.52. The van der Waals surface area contributed by atoms with Crippen LogP contribution in [-0.2, 0) is 6.18 Å². The van der Waals surface area contributed by atoms with Crippen LogP contribution in [0.15, 0.2) is 12.1 Å². The highest BCUT2D eigenvalue weighted by molar-refractivity contribution is 7.15. The van der Waals surface area contributed by atoms with Crippen molar-refractivity contribution < 1.29 is 27.4 Å². The molecule has 10 heteroatoms. The van der Waals surface area contributed by atoms with Crippen LogP contribution in [0.4, 0.5) is 18.3 Å². The van der Waals surface area contributed by atoms with Crippen LogP contribution >= 0.6 is 11.3 Å². The SMILES string of the molecule is Cc1c(C(=O)Nc2nnc(C(F)(F)F)s2)ccc2c1OCO2. The zero-order chi connectivity index (χ0) is 15.9. The Bertz CT molecular complexity index is 745. The maximum absolute atomic E-state index is 12.4. The van der Waals surface area contributed by atoms with Crippen molar-refractivity contribution in [2.75, 3.05) is 12.1 Å². The normalized spacial score (nSPS) is 13.3. The van der Waals surface area contributed by atoms with Crippen LogP contribution in [0.1, 0.15) is 20.9 Å².